The summed E-state index contributed by atoms with van der Waals surface area (Å²) in [5.74, 6) is 0.355. The van der Waals surface area contributed by atoms with Crippen molar-refractivity contribution in [3.63, 3.8) is 0 Å². The highest BCUT2D eigenvalue weighted by atomic mass is 79.9. The molecule has 0 bridgehead atoms. The van der Waals surface area contributed by atoms with Crippen LogP contribution in [0.25, 0.3) is 10.9 Å². The number of aryl methyl sites for hydroxylation is 1. The number of benzene rings is 3. The predicted octanol–water partition coefficient (Wildman–Crippen LogP) is 7.28. The van der Waals surface area contributed by atoms with Crippen LogP contribution in [0.1, 0.15) is 36.5 Å². The Morgan fingerprint density at radius 3 is 2.59 bits per heavy atom. The van der Waals surface area contributed by atoms with Gasteiger partial charge in [-0.1, -0.05) is 72.2 Å². The first-order valence-corrected chi connectivity index (χ1v) is 11.9. The van der Waals surface area contributed by atoms with Crippen molar-refractivity contribution in [3.8, 4) is 11.6 Å². The van der Waals surface area contributed by atoms with Crippen molar-refractivity contribution in [1.82, 2.24) is 4.57 Å². The molecule has 174 valence electrons. The summed E-state index contributed by atoms with van der Waals surface area (Å²) in [6.07, 6.45) is 0. The second kappa shape index (κ2) is 10.2. The van der Waals surface area contributed by atoms with Gasteiger partial charge in [0.2, 0.25) is 5.88 Å². The summed E-state index contributed by atoms with van der Waals surface area (Å²) in [4.78, 5) is 12.5. The molecule has 34 heavy (non-hydrogen) atoms. The lowest BCUT2D eigenvalue weighted by Gasteiger charge is -2.13. The fourth-order valence-corrected chi connectivity index (χ4v) is 4.20. The van der Waals surface area contributed by atoms with Crippen molar-refractivity contribution in [2.45, 2.75) is 33.2 Å². The van der Waals surface area contributed by atoms with E-state index in [0.717, 1.165) is 26.7 Å². The smallest absolute Gasteiger partial charge is 0.302 e. The molecule has 7 heteroatoms. The lowest BCUT2D eigenvalue weighted by atomic mass is 10.0. The van der Waals surface area contributed by atoms with Crippen LogP contribution in [0.3, 0.4) is 0 Å². The van der Waals surface area contributed by atoms with Gasteiger partial charge in [0, 0.05) is 9.86 Å². The van der Waals surface area contributed by atoms with Crippen molar-refractivity contribution in [3.05, 3.63) is 87.9 Å². The molecule has 1 heterocycles. The molecule has 4 aromatic rings. The second-order valence-corrected chi connectivity index (χ2v) is 9.40. The monoisotopic (exact) mass is 519 g/mol. The van der Waals surface area contributed by atoms with Gasteiger partial charge in [0.25, 0.3) is 0 Å². The van der Waals surface area contributed by atoms with Gasteiger partial charge in [-0.3, -0.25) is 4.79 Å². The average molecular weight is 520 g/mol. The van der Waals surface area contributed by atoms with Crippen LogP contribution >= 0.6 is 15.9 Å². The molecular weight excluding hydrogens is 494 g/mol. The number of fused-ring (bicyclic) bond motifs is 1. The Morgan fingerprint density at radius 2 is 1.85 bits per heavy atom. The van der Waals surface area contributed by atoms with Crippen LogP contribution in [0.4, 0.5) is 5.69 Å². The molecule has 0 aliphatic carbocycles. The van der Waals surface area contributed by atoms with Crippen LogP contribution in [-0.2, 0) is 11.3 Å². The third-order valence-corrected chi connectivity index (χ3v) is 6.05. The Morgan fingerprint density at radius 1 is 1.09 bits per heavy atom. The minimum atomic E-state index is -0.533. The van der Waals surface area contributed by atoms with Crippen molar-refractivity contribution in [1.29, 1.82) is 0 Å². The highest BCUT2D eigenvalue weighted by Gasteiger charge is 2.18. The fourth-order valence-electron chi connectivity index (χ4n) is 3.84. The molecule has 0 aliphatic rings. The summed E-state index contributed by atoms with van der Waals surface area (Å²) in [7, 11) is 0. The molecule has 0 spiro atoms. The number of hydrogen-bond acceptors (Lipinski definition) is 4. The van der Waals surface area contributed by atoms with Gasteiger partial charge in [-0.2, -0.15) is 0 Å². The Bertz CT molecular complexity index is 1360. The van der Waals surface area contributed by atoms with Gasteiger partial charge in [-0.05, 0) is 53.8 Å². The summed E-state index contributed by atoms with van der Waals surface area (Å²) in [5.41, 5.74) is 4.16. The normalized spacial score (nSPS) is 11.6. The van der Waals surface area contributed by atoms with Gasteiger partial charge in [0.15, 0.2) is 12.3 Å². The summed E-state index contributed by atoms with van der Waals surface area (Å²) >= 11 is 3.47. The third-order valence-electron chi connectivity index (χ3n) is 5.56. The van der Waals surface area contributed by atoms with Gasteiger partial charge in [0.05, 0.1) is 12.1 Å². The zero-order chi connectivity index (χ0) is 24.2. The molecule has 0 fully saturated rings. The highest BCUT2D eigenvalue weighted by molar-refractivity contribution is 9.10. The lowest BCUT2D eigenvalue weighted by molar-refractivity contribution is -0.120. The van der Waals surface area contributed by atoms with E-state index in [2.05, 4.69) is 40.0 Å². The number of halogens is 1. The van der Waals surface area contributed by atoms with Gasteiger partial charge in [0.1, 0.15) is 5.75 Å². The Labute approximate surface area is 207 Å². The summed E-state index contributed by atoms with van der Waals surface area (Å²) < 4.78 is 8.37. The van der Waals surface area contributed by atoms with E-state index in [1.54, 1.807) is 4.57 Å². The number of amides is 1. The number of azo groups is 1. The zero-order valence-electron chi connectivity index (χ0n) is 19.3. The molecule has 0 atom stereocenters. The molecule has 0 unspecified atom stereocenters. The number of aromatic hydroxyl groups is 1. The molecule has 0 saturated heterocycles. The van der Waals surface area contributed by atoms with E-state index in [1.807, 2.05) is 73.7 Å². The third kappa shape index (κ3) is 5.20. The number of nitrogens with zero attached hydrogens (tertiary/aromatic N) is 3. The lowest BCUT2D eigenvalue weighted by Crippen LogP contribution is -2.09. The van der Waals surface area contributed by atoms with E-state index in [9.17, 15) is 9.90 Å². The van der Waals surface area contributed by atoms with Crippen LogP contribution in [-0.4, -0.2) is 22.2 Å². The Balaban J connectivity index is 1.59. The molecule has 0 saturated carbocycles. The number of ether oxygens (including phenoxy) is 1. The maximum absolute atomic E-state index is 12.5. The first-order valence-electron chi connectivity index (χ1n) is 11.1. The minimum Gasteiger partial charge on any atom is -0.493 e. The standard InChI is InChI=1S/C27H26BrN3O3/c1-17(2)21-11-9-18(3)13-24(21)34-16-25(32)29-30-26-22-14-20(28)10-12-23(22)31(27(26)33)15-19-7-5-4-6-8-19/h4-14,17,33H,15-16H2,1-3H3. The summed E-state index contributed by atoms with van der Waals surface area (Å²) in [6, 6.07) is 21.4. The van der Waals surface area contributed by atoms with Gasteiger partial charge in [-0.15, -0.1) is 10.2 Å². The van der Waals surface area contributed by atoms with Crippen molar-refractivity contribution in [2.75, 3.05) is 6.61 Å². The first-order chi connectivity index (χ1) is 16.3. The van der Waals surface area contributed by atoms with Gasteiger partial charge in [-0.25, -0.2) is 0 Å². The molecule has 0 radical (unpaired) electrons. The maximum Gasteiger partial charge on any atom is 0.302 e. The minimum absolute atomic E-state index is 0.0461. The largest absolute Gasteiger partial charge is 0.493 e. The van der Waals surface area contributed by atoms with E-state index >= 15 is 0 Å². The molecule has 1 N–H and O–H groups in total. The summed E-state index contributed by atoms with van der Waals surface area (Å²) in [6.45, 7) is 6.35. The van der Waals surface area contributed by atoms with Gasteiger partial charge >= 0.3 is 5.91 Å². The van der Waals surface area contributed by atoms with E-state index in [-0.39, 0.29) is 24.1 Å². The van der Waals surface area contributed by atoms with Crippen LogP contribution in [0.15, 0.2) is 81.4 Å². The highest BCUT2D eigenvalue weighted by Crippen LogP contribution is 2.40. The van der Waals surface area contributed by atoms with E-state index in [0.29, 0.717) is 17.7 Å². The number of rotatable bonds is 7. The van der Waals surface area contributed by atoms with Crippen molar-refractivity contribution < 1.29 is 14.6 Å². The van der Waals surface area contributed by atoms with E-state index < -0.39 is 5.91 Å². The number of aromatic nitrogens is 1. The molecule has 1 aromatic heterocycles. The molecule has 4 rings (SSSR count). The maximum atomic E-state index is 12.5. The number of carbonyl (C=O) groups is 1. The van der Waals surface area contributed by atoms with Crippen LogP contribution in [0.2, 0.25) is 0 Å². The fraction of sp³-hybridized carbons (Fsp3) is 0.222. The average Bonchev–Trinajstić information content (AvgIpc) is 3.06. The molecular formula is C27H26BrN3O3. The van der Waals surface area contributed by atoms with Crippen molar-refractivity contribution >= 4 is 38.4 Å². The molecule has 6 nitrogen and oxygen atoms in total. The number of hydrogen-bond donors (Lipinski definition) is 1. The van der Waals surface area contributed by atoms with Crippen LogP contribution in [0, 0.1) is 6.92 Å². The molecule has 0 aliphatic heterocycles. The van der Waals surface area contributed by atoms with Crippen LogP contribution < -0.4 is 4.74 Å². The van der Waals surface area contributed by atoms with E-state index in [1.165, 1.54) is 0 Å². The van der Waals surface area contributed by atoms with Crippen molar-refractivity contribution in [2.24, 2.45) is 10.2 Å². The van der Waals surface area contributed by atoms with Crippen LogP contribution in [0.5, 0.6) is 11.6 Å². The summed E-state index contributed by atoms with van der Waals surface area (Å²) in [5, 5.41) is 19.6. The molecule has 1 amide bonds. The van der Waals surface area contributed by atoms with Gasteiger partial charge < -0.3 is 14.4 Å². The Hall–Kier alpha value is -3.45. The Kier molecular flexibility index (Phi) is 7.12. The first kappa shape index (κ1) is 23.7. The quantitative estimate of drug-likeness (QED) is 0.260. The molecule has 3 aromatic carbocycles. The zero-order valence-corrected chi connectivity index (χ0v) is 20.9. The SMILES string of the molecule is Cc1ccc(C(C)C)c(OCC(=O)N=Nc2c(O)n(Cc3ccccc3)c3ccc(Br)cc23)c1. The van der Waals surface area contributed by atoms with E-state index in [4.69, 9.17) is 4.74 Å². The number of carbonyl (C=O) groups excluding carboxylic acids is 1. The topological polar surface area (TPSA) is 76.2 Å². The predicted molar refractivity (Wildman–Crippen MR) is 137 cm³/mol. The second-order valence-electron chi connectivity index (χ2n) is 8.48.